The average molecular weight is 397 g/mol. The summed E-state index contributed by atoms with van der Waals surface area (Å²) in [7, 11) is 0. The van der Waals surface area contributed by atoms with Crippen LogP contribution in [0.4, 0.5) is 20.2 Å². The predicted molar refractivity (Wildman–Crippen MR) is 106 cm³/mol. The van der Waals surface area contributed by atoms with Crippen LogP contribution in [0.2, 0.25) is 0 Å². The van der Waals surface area contributed by atoms with Gasteiger partial charge in [-0.15, -0.1) is 11.3 Å². The van der Waals surface area contributed by atoms with Gasteiger partial charge in [0.15, 0.2) is 0 Å². The molecule has 4 aromatic rings. The van der Waals surface area contributed by atoms with Crippen LogP contribution in [-0.4, -0.2) is 10.5 Å². The molecule has 0 bridgehead atoms. The standard InChI is InChI=1S/C20H13F2N3O2S/c21-11-6-8-15(14(22)10-11)24-17-13-7-9-16(26)25(12-4-2-1-3-5-12)20(13)28-18(17)19(23)27/h1-10,24H,(H2,23,27). The van der Waals surface area contributed by atoms with Crippen LogP contribution in [0.15, 0.2) is 65.5 Å². The van der Waals surface area contributed by atoms with Crippen molar-refractivity contribution in [3.8, 4) is 5.69 Å². The van der Waals surface area contributed by atoms with Crippen LogP contribution < -0.4 is 16.6 Å². The molecule has 2 aromatic carbocycles. The van der Waals surface area contributed by atoms with E-state index in [0.717, 1.165) is 23.5 Å². The van der Waals surface area contributed by atoms with Crippen molar-refractivity contribution < 1.29 is 13.6 Å². The van der Waals surface area contributed by atoms with Gasteiger partial charge in [-0.05, 0) is 30.3 Å². The molecule has 2 heterocycles. The number of thiophene rings is 1. The van der Waals surface area contributed by atoms with Crippen LogP contribution in [0.1, 0.15) is 9.67 Å². The fraction of sp³-hybridized carbons (Fsp3) is 0. The highest BCUT2D eigenvalue weighted by Gasteiger charge is 2.21. The third-order valence-electron chi connectivity index (χ3n) is 4.17. The van der Waals surface area contributed by atoms with Crippen LogP contribution in [0.5, 0.6) is 0 Å². The van der Waals surface area contributed by atoms with Crippen molar-refractivity contribution in [1.29, 1.82) is 0 Å². The number of hydrogen-bond donors (Lipinski definition) is 2. The summed E-state index contributed by atoms with van der Waals surface area (Å²) in [6.45, 7) is 0. The first-order valence-corrected chi connectivity index (χ1v) is 9.03. The molecule has 8 heteroatoms. The Morgan fingerprint density at radius 2 is 1.79 bits per heavy atom. The number of anilines is 2. The molecule has 2 aromatic heterocycles. The number of amides is 1. The zero-order chi connectivity index (χ0) is 19.8. The highest BCUT2D eigenvalue weighted by molar-refractivity contribution is 7.21. The number of hydrogen-bond acceptors (Lipinski definition) is 4. The molecule has 0 saturated heterocycles. The zero-order valence-electron chi connectivity index (χ0n) is 14.3. The third-order valence-corrected chi connectivity index (χ3v) is 5.38. The Labute approximate surface area is 161 Å². The molecule has 4 rings (SSSR count). The van der Waals surface area contributed by atoms with Gasteiger partial charge in [-0.2, -0.15) is 0 Å². The fourth-order valence-electron chi connectivity index (χ4n) is 2.93. The van der Waals surface area contributed by atoms with Gasteiger partial charge in [0.05, 0.1) is 17.1 Å². The first-order valence-electron chi connectivity index (χ1n) is 8.21. The van der Waals surface area contributed by atoms with Gasteiger partial charge in [0.25, 0.3) is 11.5 Å². The number of fused-ring (bicyclic) bond motifs is 1. The summed E-state index contributed by atoms with van der Waals surface area (Å²) < 4.78 is 28.8. The topological polar surface area (TPSA) is 77.1 Å². The van der Waals surface area contributed by atoms with Crippen LogP contribution in [0, 0.1) is 11.6 Å². The first-order chi connectivity index (χ1) is 13.5. The maximum absolute atomic E-state index is 14.1. The molecule has 0 radical (unpaired) electrons. The van der Waals surface area contributed by atoms with Crippen molar-refractivity contribution in [3.63, 3.8) is 0 Å². The van der Waals surface area contributed by atoms with Crippen molar-refractivity contribution in [2.45, 2.75) is 0 Å². The van der Waals surface area contributed by atoms with Gasteiger partial charge in [-0.3, -0.25) is 14.2 Å². The number of nitrogens with two attached hydrogens (primary N) is 1. The van der Waals surface area contributed by atoms with E-state index in [1.165, 1.54) is 16.7 Å². The van der Waals surface area contributed by atoms with E-state index in [2.05, 4.69) is 5.32 Å². The molecule has 0 fully saturated rings. The second kappa shape index (κ2) is 6.90. The summed E-state index contributed by atoms with van der Waals surface area (Å²) >= 11 is 1.03. The van der Waals surface area contributed by atoms with Gasteiger partial charge in [-0.1, -0.05) is 18.2 Å². The van der Waals surface area contributed by atoms with Crippen molar-refractivity contribution in [1.82, 2.24) is 4.57 Å². The SMILES string of the molecule is NC(=O)c1sc2c(ccc(=O)n2-c2ccccc2)c1Nc1ccc(F)cc1F. The summed E-state index contributed by atoms with van der Waals surface area (Å²) in [5.74, 6) is -2.25. The van der Waals surface area contributed by atoms with Gasteiger partial charge in [0.2, 0.25) is 0 Å². The lowest BCUT2D eigenvalue weighted by Crippen LogP contribution is -2.16. The lowest BCUT2D eigenvalue weighted by atomic mass is 10.2. The van der Waals surface area contributed by atoms with Gasteiger partial charge in [0, 0.05) is 17.5 Å². The maximum Gasteiger partial charge on any atom is 0.261 e. The van der Waals surface area contributed by atoms with E-state index >= 15 is 0 Å². The minimum Gasteiger partial charge on any atom is -0.365 e. The van der Waals surface area contributed by atoms with Gasteiger partial charge in [0.1, 0.15) is 21.3 Å². The summed E-state index contributed by atoms with van der Waals surface area (Å²) in [4.78, 5) is 25.1. The molecule has 5 nitrogen and oxygen atoms in total. The Balaban J connectivity index is 1.97. The van der Waals surface area contributed by atoms with Gasteiger partial charge >= 0.3 is 0 Å². The van der Waals surface area contributed by atoms with Gasteiger partial charge < -0.3 is 11.1 Å². The second-order valence-electron chi connectivity index (χ2n) is 5.98. The quantitative estimate of drug-likeness (QED) is 0.543. The first kappa shape index (κ1) is 17.9. The minimum atomic E-state index is -0.814. The summed E-state index contributed by atoms with van der Waals surface area (Å²) in [6.07, 6.45) is 0. The fourth-order valence-corrected chi connectivity index (χ4v) is 4.05. The summed E-state index contributed by atoms with van der Waals surface area (Å²) in [5.41, 5.74) is 6.10. The Morgan fingerprint density at radius 1 is 1.04 bits per heavy atom. The summed E-state index contributed by atoms with van der Waals surface area (Å²) in [5, 5.41) is 3.34. The number of aromatic nitrogens is 1. The molecule has 0 aliphatic rings. The molecule has 0 saturated carbocycles. The Hall–Kier alpha value is -3.52. The molecule has 0 aliphatic heterocycles. The minimum absolute atomic E-state index is 0.0129. The monoisotopic (exact) mass is 397 g/mol. The molecule has 1 amide bonds. The smallest absolute Gasteiger partial charge is 0.261 e. The zero-order valence-corrected chi connectivity index (χ0v) is 15.1. The van der Waals surface area contributed by atoms with E-state index in [4.69, 9.17) is 5.73 Å². The number of benzene rings is 2. The van der Waals surface area contributed by atoms with Crippen molar-refractivity contribution in [3.05, 3.63) is 87.5 Å². The van der Waals surface area contributed by atoms with Crippen LogP contribution in [0.3, 0.4) is 0 Å². The number of rotatable bonds is 4. The molecule has 140 valence electrons. The largest absolute Gasteiger partial charge is 0.365 e. The lowest BCUT2D eigenvalue weighted by molar-refractivity contribution is 0.100. The predicted octanol–water partition coefficient (Wildman–Crippen LogP) is 4.17. The maximum atomic E-state index is 14.1. The molecule has 0 spiro atoms. The van der Waals surface area contributed by atoms with Crippen LogP contribution >= 0.6 is 11.3 Å². The van der Waals surface area contributed by atoms with Gasteiger partial charge in [-0.25, -0.2) is 8.78 Å². The molecule has 0 unspecified atom stereocenters. The molecule has 3 N–H and O–H groups in total. The third kappa shape index (κ3) is 3.03. The van der Waals surface area contributed by atoms with E-state index in [1.807, 2.05) is 6.07 Å². The highest BCUT2D eigenvalue weighted by atomic mass is 32.1. The lowest BCUT2D eigenvalue weighted by Gasteiger charge is -2.10. The number of primary amides is 1. The number of nitrogens with zero attached hydrogens (tertiary/aromatic N) is 1. The van der Waals surface area contributed by atoms with E-state index < -0.39 is 17.5 Å². The number of nitrogens with one attached hydrogen (secondary N) is 1. The van der Waals surface area contributed by atoms with E-state index in [0.29, 0.717) is 15.9 Å². The van der Waals surface area contributed by atoms with Crippen molar-refractivity contribution in [2.24, 2.45) is 5.73 Å². The highest BCUT2D eigenvalue weighted by Crippen LogP contribution is 2.38. The molecular formula is C20H13F2N3O2S. The number of halogens is 2. The number of pyridine rings is 1. The Morgan fingerprint density at radius 3 is 2.46 bits per heavy atom. The number of carbonyl (C=O) groups excluding carboxylic acids is 1. The second-order valence-corrected chi connectivity index (χ2v) is 6.98. The van der Waals surface area contributed by atoms with Crippen LogP contribution in [-0.2, 0) is 0 Å². The molecule has 28 heavy (non-hydrogen) atoms. The van der Waals surface area contributed by atoms with E-state index in [-0.39, 0.29) is 21.8 Å². The normalized spacial score (nSPS) is 10.9. The Bertz CT molecular complexity index is 1270. The molecule has 0 aliphatic carbocycles. The van der Waals surface area contributed by atoms with E-state index in [1.54, 1.807) is 30.3 Å². The van der Waals surface area contributed by atoms with E-state index in [9.17, 15) is 18.4 Å². The molecular weight excluding hydrogens is 384 g/mol. The summed E-state index contributed by atoms with van der Waals surface area (Å²) in [6, 6.07) is 14.9. The van der Waals surface area contributed by atoms with Crippen molar-refractivity contribution in [2.75, 3.05) is 5.32 Å². The number of carbonyl (C=O) groups is 1. The molecule has 0 atom stereocenters. The van der Waals surface area contributed by atoms with Crippen LogP contribution in [0.25, 0.3) is 15.9 Å². The Kier molecular flexibility index (Phi) is 4.40. The number of para-hydroxylation sites is 1. The average Bonchev–Trinajstić information content (AvgIpc) is 3.03. The van der Waals surface area contributed by atoms with Crippen molar-refractivity contribution >= 4 is 38.8 Å².